The Kier molecular flexibility index (Phi) is 10.5. The van der Waals surface area contributed by atoms with Crippen LogP contribution in [0.5, 0.6) is 0 Å². The molecule has 0 bridgehead atoms. The number of carbonyl (C=O) groups is 2. The lowest BCUT2D eigenvalue weighted by Crippen LogP contribution is -2.34. The molecule has 1 N–H and O–H groups in total. The predicted octanol–water partition coefficient (Wildman–Crippen LogP) is 5.31. The van der Waals surface area contributed by atoms with E-state index in [1.807, 2.05) is 6.92 Å². The largest absolute Gasteiger partial charge is 0.477 e. The first-order valence-electron chi connectivity index (χ1n) is 10.6. The van der Waals surface area contributed by atoms with Gasteiger partial charge in [-0.2, -0.15) is 0 Å². The minimum Gasteiger partial charge on any atom is -0.477 e. The third kappa shape index (κ3) is 8.61. The number of hydrogen-bond acceptors (Lipinski definition) is 5. The van der Waals surface area contributed by atoms with Crippen molar-refractivity contribution in [3.05, 3.63) is 29.3 Å². The van der Waals surface area contributed by atoms with E-state index in [2.05, 4.69) is 4.99 Å². The number of esters is 1. The number of carboxylic acid groups (broad SMARTS) is 1. The molecule has 1 heterocycles. The minimum atomic E-state index is -1.06. The average molecular weight is 439 g/mol. The van der Waals surface area contributed by atoms with Crippen LogP contribution in [0.3, 0.4) is 0 Å². The molecule has 30 heavy (non-hydrogen) atoms. The number of carbonyl (C=O) groups excluding carboxylic acids is 1. The van der Waals surface area contributed by atoms with Crippen molar-refractivity contribution in [2.24, 2.45) is 4.99 Å². The summed E-state index contributed by atoms with van der Waals surface area (Å²) in [6.07, 6.45) is 6.74. The first kappa shape index (κ1) is 24.0. The van der Waals surface area contributed by atoms with Gasteiger partial charge < -0.3 is 14.6 Å². The molecule has 1 aromatic carbocycles. The lowest BCUT2D eigenvalue weighted by molar-refractivity contribution is -0.143. The van der Waals surface area contributed by atoms with Gasteiger partial charge >= 0.3 is 12.1 Å². The highest BCUT2D eigenvalue weighted by Gasteiger charge is 2.23. The van der Waals surface area contributed by atoms with Crippen LogP contribution in [0, 0.1) is 0 Å². The normalized spacial score (nSPS) is 15.4. The Morgan fingerprint density at radius 2 is 1.83 bits per heavy atom. The van der Waals surface area contributed by atoms with Crippen molar-refractivity contribution in [3.63, 3.8) is 0 Å². The Hall–Kier alpha value is -2.28. The van der Waals surface area contributed by atoms with Crippen molar-refractivity contribution in [3.8, 4) is 0 Å². The van der Waals surface area contributed by atoms with Crippen LogP contribution >= 0.6 is 11.6 Å². The summed E-state index contributed by atoms with van der Waals surface area (Å²) in [7, 11) is 0. The molecular formula is C22H31ClN2O5. The van der Waals surface area contributed by atoms with Gasteiger partial charge in [-0.1, -0.05) is 43.7 Å². The fourth-order valence-corrected chi connectivity index (χ4v) is 3.45. The number of rotatable bonds is 13. The maximum atomic E-state index is 11.6. The monoisotopic (exact) mass is 438 g/mol. The van der Waals surface area contributed by atoms with Crippen molar-refractivity contribution in [2.45, 2.75) is 64.3 Å². The number of benzene rings is 1. The molecule has 0 aliphatic carbocycles. The van der Waals surface area contributed by atoms with E-state index >= 15 is 0 Å². The van der Waals surface area contributed by atoms with Crippen LogP contribution in [0.2, 0.25) is 5.02 Å². The van der Waals surface area contributed by atoms with E-state index in [-0.39, 0.29) is 18.6 Å². The van der Waals surface area contributed by atoms with Crippen LogP contribution in [0.1, 0.15) is 58.3 Å². The Bertz CT molecular complexity index is 708. The van der Waals surface area contributed by atoms with Crippen molar-refractivity contribution in [2.75, 3.05) is 24.7 Å². The summed E-state index contributed by atoms with van der Waals surface area (Å²) >= 11 is 5.87. The number of hydrogen-bond donors (Lipinski definition) is 1. The molecule has 1 aliphatic rings. The minimum absolute atomic E-state index is 0.0877. The highest BCUT2D eigenvalue weighted by molar-refractivity contribution is 6.30. The zero-order chi connectivity index (χ0) is 21.8. The molecule has 0 radical (unpaired) electrons. The van der Waals surface area contributed by atoms with E-state index in [1.54, 1.807) is 24.3 Å². The van der Waals surface area contributed by atoms with Gasteiger partial charge in [0.25, 0.3) is 0 Å². The van der Waals surface area contributed by atoms with Gasteiger partial charge in [-0.05, 0) is 44.0 Å². The number of ether oxygens (including phenoxy) is 2. The third-order valence-electron chi connectivity index (χ3n) is 4.91. The molecule has 166 valence electrons. The number of amides is 1. The molecule has 1 amide bonds. The van der Waals surface area contributed by atoms with E-state index in [4.69, 9.17) is 21.1 Å². The molecule has 0 saturated carbocycles. The maximum absolute atomic E-state index is 11.6. The molecule has 0 aromatic heterocycles. The lowest BCUT2D eigenvalue weighted by Gasteiger charge is -2.18. The molecule has 8 heteroatoms. The Balaban J connectivity index is 1.64. The third-order valence-corrected chi connectivity index (χ3v) is 5.16. The smallest absolute Gasteiger partial charge is 0.412 e. The molecule has 2 rings (SSSR count). The summed E-state index contributed by atoms with van der Waals surface area (Å²) in [5.74, 6) is 0.348. The van der Waals surface area contributed by atoms with Crippen LogP contribution in [0.15, 0.2) is 29.3 Å². The van der Waals surface area contributed by atoms with Crippen molar-refractivity contribution < 1.29 is 24.2 Å². The van der Waals surface area contributed by atoms with Crippen molar-refractivity contribution >= 4 is 35.2 Å². The highest BCUT2D eigenvalue weighted by atomic mass is 35.5. The first-order chi connectivity index (χ1) is 14.5. The number of anilines is 1. The SMILES string of the molecule is CCOC(=O)CCCCCCCCC1COC(CN(C(=O)O)c2ccc(Cl)cc2)=N1. The summed E-state index contributed by atoms with van der Waals surface area (Å²) in [5.41, 5.74) is 0.532. The fourth-order valence-electron chi connectivity index (χ4n) is 3.32. The van der Waals surface area contributed by atoms with Crippen molar-refractivity contribution in [1.29, 1.82) is 0 Å². The van der Waals surface area contributed by atoms with E-state index in [9.17, 15) is 14.7 Å². The van der Waals surface area contributed by atoms with Gasteiger partial charge in [0.1, 0.15) is 13.2 Å². The summed E-state index contributed by atoms with van der Waals surface area (Å²) in [6, 6.07) is 6.73. The molecule has 1 atom stereocenters. The molecule has 1 aromatic rings. The quantitative estimate of drug-likeness (QED) is 0.333. The molecule has 7 nitrogen and oxygen atoms in total. The number of nitrogens with zero attached hydrogens (tertiary/aromatic N) is 2. The second kappa shape index (κ2) is 13.1. The Labute approximate surface area is 183 Å². The molecule has 0 saturated heterocycles. The molecule has 0 fully saturated rings. The zero-order valence-electron chi connectivity index (χ0n) is 17.5. The van der Waals surface area contributed by atoms with E-state index in [0.29, 0.717) is 36.2 Å². The topological polar surface area (TPSA) is 88.4 Å². The lowest BCUT2D eigenvalue weighted by atomic mass is 10.1. The van der Waals surface area contributed by atoms with Gasteiger partial charge in [0, 0.05) is 17.1 Å². The van der Waals surface area contributed by atoms with Crippen LogP contribution in [0.25, 0.3) is 0 Å². The van der Waals surface area contributed by atoms with E-state index < -0.39 is 6.09 Å². The number of aliphatic imine (C=N–C) groups is 1. The van der Waals surface area contributed by atoms with E-state index in [0.717, 1.165) is 44.9 Å². The fraction of sp³-hybridized carbons (Fsp3) is 0.591. The Morgan fingerprint density at radius 1 is 1.17 bits per heavy atom. The van der Waals surface area contributed by atoms with E-state index in [1.165, 1.54) is 4.90 Å². The van der Waals surface area contributed by atoms with Crippen molar-refractivity contribution in [1.82, 2.24) is 0 Å². The molecule has 1 aliphatic heterocycles. The standard InChI is InChI=1S/C22H31ClN2O5/c1-2-29-21(26)10-8-6-4-3-5-7-9-18-16-30-20(24-18)15-25(22(27)28)19-13-11-17(23)12-14-19/h11-14,18H,2-10,15-16H2,1H3,(H,27,28). The predicted molar refractivity (Wildman–Crippen MR) is 118 cm³/mol. The van der Waals surface area contributed by atoms with Crippen LogP contribution < -0.4 is 4.90 Å². The highest BCUT2D eigenvalue weighted by Crippen LogP contribution is 2.20. The Morgan fingerprint density at radius 3 is 2.50 bits per heavy atom. The number of unbranched alkanes of at least 4 members (excludes halogenated alkanes) is 5. The zero-order valence-corrected chi connectivity index (χ0v) is 18.3. The van der Waals surface area contributed by atoms with Crippen LogP contribution in [0.4, 0.5) is 10.5 Å². The van der Waals surface area contributed by atoms with Gasteiger partial charge in [-0.25, -0.2) is 9.79 Å². The van der Waals surface area contributed by atoms with Gasteiger partial charge in [-0.15, -0.1) is 0 Å². The molecular weight excluding hydrogens is 408 g/mol. The summed E-state index contributed by atoms with van der Waals surface area (Å²) in [5, 5.41) is 10.1. The van der Waals surface area contributed by atoms with Gasteiger partial charge in [0.2, 0.25) is 5.90 Å². The van der Waals surface area contributed by atoms with Gasteiger partial charge in [0.15, 0.2) is 0 Å². The first-order valence-corrected chi connectivity index (χ1v) is 11.0. The maximum Gasteiger partial charge on any atom is 0.412 e. The van der Waals surface area contributed by atoms with Crippen LogP contribution in [-0.4, -0.2) is 48.9 Å². The number of halogens is 1. The van der Waals surface area contributed by atoms with Gasteiger partial charge in [0.05, 0.1) is 12.6 Å². The van der Waals surface area contributed by atoms with Crippen LogP contribution in [-0.2, 0) is 14.3 Å². The summed E-state index contributed by atoms with van der Waals surface area (Å²) in [6.45, 7) is 2.86. The molecule has 1 unspecified atom stereocenters. The second-order valence-corrected chi connectivity index (χ2v) is 7.73. The summed E-state index contributed by atoms with van der Waals surface area (Å²) in [4.78, 5) is 28.6. The average Bonchev–Trinajstić information content (AvgIpc) is 3.16. The van der Waals surface area contributed by atoms with Gasteiger partial charge in [-0.3, -0.25) is 9.69 Å². The second-order valence-electron chi connectivity index (χ2n) is 7.30. The molecule has 0 spiro atoms. The summed E-state index contributed by atoms with van der Waals surface area (Å²) < 4.78 is 10.5.